The van der Waals surface area contributed by atoms with Gasteiger partial charge in [-0.2, -0.15) is 0 Å². The van der Waals surface area contributed by atoms with Crippen molar-refractivity contribution in [1.82, 2.24) is 15.1 Å². The molecule has 1 aromatic rings. The number of likely N-dealkylation sites (tertiary alicyclic amines) is 1. The predicted octanol–water partition coefficient (Wildman–Crippen LogP) is 4.66. The lowest BCUT2D eigenvalue weighted by Crippen LogP contribution is -2.63. The van der Waals surface area contributed by atoms with Crippen molar-refractivity contribution in [2.75, 3.05) is 45.5 Å². The topological polar surface area (TPSA) is 231 Å². The van der Waals surface area contributed by atoms with Gasteiger partial charge in [-0.1, -0.05) is 42.3 Å². The zero-order valence-electron chi connectivity index (χ0n) is 39.3. The number of hydrogen-bond donors (Lipinski definition) is 3. The molecule has 4 aliphatic heterocycles. The largest absolute Gasteiger partial charge is 0.495 e. The second-order valence-electron chi connectivity index (χ2n) is 18.6. The zero-order valence-corrected chi connectivity index (χ0v) is 40.9. The Hall–Kier alpha value is -4.69. The number of aliphatic carboxylic acids is 1. The van der Waals surface area contributed by atoms with Gasteiger partial charge in [0, 0.05) is 58.7 Å². The van der Waals surface area contributed by atoms with Gasteiger partial charge < -0.3 is 43.7 Å². The minimum atomic E-state index is -1.88. The number of nitrogens with zero attached hydrogens (tertiary/aromatic N) is 3. The lowest BCUT2D eigenvalue weighted by molar-refractivity contribution is -0.162. The van der Waals surface area contributed by atoms with E-state index in [0.717, 1.165) is 11.1 Å². The molecule has 368 valence electrons. The number of benzene rings is 1. The second-order valence-corrected chi connectivity index (χ2v) is 20.3. The van der Waals surface area contributed by atoms with E-state index in [9.17, 15) is 43.8 Å². The fraction of sp³-hybridized carbons (Fsp3) is 0.638. The summed E-state index contributed by atoms with van der Waals surface area (Å²) in [7, 11) is 5.87. The Kier molecular flexibility index (Phi) is 16.4. The number of fused-ring (bicyclic) bond motifs is 5. The number of alkyl carbamates (subject to hydrolysis) is 1. The molecule has 4 fully saturated rings. The predicted molar refractivity (Wildman–Crippen MR) is 246 cm³/mol. The average Bonchev–Trinajstić information content (AvgIpc) is 3.91. The van der Waals surface area contributed by atoms with Crippen LogP contribution in [0.15, 0.2) is 35.9 Å². The summed E-state index contributed by atoms with van der Waals surface area (Å²) in [5.41, 5.74) is -1.16. The van der Waals surface area contributed by atoms with Gasteiger partial charge in [-0.25, -0.2) is 9.59 Å². The van der Waals surface area contributed by atoms with E-state index in [1.54, 1.807) is 45.2 Å². The summed E-state index contributed by atoms with van der Waals surface area (Å²) in [6.07, 6.45) is 2.63. The molecule has 67 heavy (non-hydrogen) atoms. The molecule has 3 saturated heterocycles. The minimum Gasteiger partial charge on any atom is -0.495 e. The van der Waals surface area contributed by atoms with Crippen molar-refractivity contribution in [3.8, 4) is 5.75 Å². The van der Waals surface area contributed by atoms with E-state index in [-0.39, 0.29) is 60.7 Å². The highest BCUT2D eigenvalue weighted by Crippen LogP contribution is 2.49. The molecule has 0 spiro atoms. The first-order valence-electron chi connectivity index (χ1n) is 22.6. The van der Waals surface area contributed by atoms with Crippen LogP contribution in [0.25, 0.3) is 0 Å². The number of anilines is 1. The van der Waals surface area contributed by atoms with Crippen molar-refractivity contribution in [2.45, 2.75) is 133 Å². The summed E-state index contributed by atoms with van der Waals surface area (Å²) in [6, 6.07) is 2.40. The molecule has 3 unspecified atom stereocenters. The van der Waals surface area contributed by atoms with Gasteiger partial charge in [0.15, 0.2) is 5.72 Å². The van der Waals surface area contributed by atoms with Crippen molar-refractivity contribution in [1.29, 1.82) is 0 Å². The molecule has 20 heteroatoms. The number of carbonyl (C=O) groups is 7. The number of ether oxygens (including phenoxy) is 5. The van der Waals surface area contributed by atoms with Gasteiger partial charge in [-0.3, -0.25) is 34.2 Å². The highest BCUT2D eigenvalue weighted by atomic mass is 35.5. The number of rotatable bonds is 12. The number of carboxylic acid groups (broad SMARTS) is 1. The van der Waals surface area contributed by atoms with Crippen LogP contribution < -0.4 is 15.0 Å². The van der Waals surface area contributed by atoms with Gasteiger partial charge in [0.25, 0.3) is 0 Å². The number of esters is 1. The van der Waals surface area contributed by atoms with Crippen LogP contribution in [0.1, 0.15) is 84.6 Å². The van der Waals surface area contributed by atoms with Gasteiger partial charge in [-0.15, -0.1) is 11.8 Å². The van der Waals surface area contributed by atoms with Crippen LogP contribution in [0.4, 0.5) is 10.5 Å². The molecule has 3 N–H and O–H groups in total. The third-order valence-electron chi connectivity index (χ3n) is 14.0. The average molecular weight is 976 g/mol. The van der Waals surface area contributed by atoms with Crippen LogP contribution in [-0.4, -0.2) is 149 Å². The fourth-order valence-electron chi connectivity index (χ4n) is 9.51. The first-order chi connectivity index (χ1) is 31.6. The number of likely N-dealkylation sites (N-methyl/N-ethyl adjacent to an activating group) is 1. The molecule has 6 rings (SSSR count). The van der Waals surface area contributed by atoms with Crippen LogP contribution in [0.2, 0.25) is 5.02 Å². The van der Waals surface area contributed by atoms with Crippen LogP contribution in [0, 0.1) is 17.8 Å². The quantitative estimate of drug-likeness (QED) is 0.147. The molecule has 4 heterocycles. The van der Waals surface area contributed by atoms with Gasteiger partial charge >= 0.3 is 18.0 Å². The van der Waals surface area contributed by atoms with Gasteiger partial charge in [0.05, 0.1) is 36.5 Å². The number of nitrogens with one attached hydrogen (secondary N) is 1. The minimum absolute atomic E-state index is 0.00460. The molecule has 1 aromatic carbocycles. The Bertz CT molecular complexity index is 2170. The molecular weight excluding hydrogens is 912 g/mol. The van der Waals surface area contributed by atoms with E-state index in [1.807, 2.05) is 13.0 Å². The van der Waals surface area contributed by atoms with Crippen molar-refractivity contribution in [2.24, 2.45) is 17.8 Å². The van der Waals surface area contributed by atoms with E-state index >= 15 is 0 Å². The number of imide groups is 1. The van der Waals surface area contributed by atoms with E-state index in [1.165, 1.54) is 54.7 Å². The molecule has 0 radical (unpaired) electrons. The highest BCUT2D eigenvalue weighted by molar-refractivity contribution is 8.00. The maximum Gasteiger partial charge on any atom is 0.409 e. The number of methoxy groups -OCH3 is 2. The van der Waals surface area contributed by atoms with Gasteiger partial charge in [0.1, 0.15) is 40.7 Å². The third kappa shape index (κ3) is 11.6. The van der Waals surface area contributed by atoms with Crippen molar-refractivity contribution >= 4 is 70.7 Å². The maximum absolute atomic E-state index is 14.3. The Morgan fingerprint density at radius 2 is 1.79 bits per heavy atom. The number of amides is 5. The van der Waals surface area contributed by atoms with Crippen molar-refractivity contribution < 1.29 is 67.5 Å². The van der Waals surface area contributed by atoms with Crippen LogP contribution in [0.3, 0.4) is 0 Å². The summed E-state index contributed by atoms with van der Waals surface area (Å²) in [5.74, 6) is -3.58. The first kappa shape index (κ1) is 51.7. The Morgan fingerprint density at radius 3 is 2.45 bits per heavy atom. The molecule has 0 aromatic heterocycles. The molecule has 5 aliphatic rings. The number of thioether (sulfide) groups is 1. The highest BCUT2D eigenvalue weighted by Gasteiger charge is 2.64. The molecule has 9 atom stereocenters. The molecule has 4 bridgehead atoms. The number of aliphatic hydroxyl groups is 1. The Labute approximate surface area is 400 Å². The zero-order chi connectivity index (χ0) is 49.1. The summed E-state index contributed by atoms with van der Waals surface area (Å²) in [4.78, 5) is 96.2. The molecule has 1 saturated carbocycles. The Balaban J connectivity index is 1.16. The van der Waals surface area contributed by atoms with E-state index in [0.29, 0.717) is 43.5 Å². The number of allylic oxidation sites excluding steroid dienone is 3. The molecule has 1 aliphatic carbocycles. The third-order valence-corrected chi connectivity index (χ3v) is 15.6. The van der Waals surface area contributed by atoms with Crippen molar-refractivity contribution in [3.05, 3.63) is 46.5 Å². The molecular formula is C47H63ClN4O14S. The number of halogens is 1. The Morgan fingerprint density at radius 1 is 1.09 bits per heavy atom. The number of carboxylic acids is 1. The van der Waals surface area contributed by atoms with E-state index < -0.39 is 88.7 Å². The summed E-state index contributed by atoms with van der Waals surface area (Å²) in [6.45, 7) is 7.10. The summed E-state index contributed by atoms with van der Waals surface area (Å²) in [5, 5.41) is 23.2. The first-order valence-corrected chi connectivity index (χ1v) is 24.1. The smallest absolute Gasteiger partial charge is 0.409 e. The monoisotopic (exact) mass is 974 g/mol. The number of epoxide rings is 1. The summed E-state index contributed by atoms with van der Waals surface area (Å²) < 4.78 is 29.4. The molecule has 5 amide bonds. The maximum atomic E-state index is 14.3. The lowest BCUT2D eigenvalue weighted by atomic mass is 9.82. The standard InChI is InChI=1S/C47H63ClN4O14S/c1-25-10-9-11-35(63-8)47(61)23-33(64-45(60)49-47)26(2)41-46(4,66-41)36(22-38(54)51(6)31-19-29(18-25)20-32(62-7)40(31)48)65-44(59)27(3)50(5)37(53)16-17-67-34-21-39(55)52(42(34)56)24-28-12-14-30(15-13-28)43(57)58/h9-11,19-20,26-28,30,33-36,41,61H,12-18,21-24H2,1-8H3,(H,49,60)(H,57,58)/b11-9+,25-10+/t26-,27+,28-,30-,33?,34?,35-,36+,41?,46+,47+/m1/s1. The number of carbonyl (C=O) groups excluding carboxylic acids is 6. The van der Waals surface area contributed by atoms with Gasteiger partial charge in [-0.05, 0) is 76.5 Å². The lowest BCUT2D eigenvalue weighted by Gasteiger charge is -2.42. The van der Waals surface area contributed by atoms with Gasteiger partial charge in [0.2, 0.25) is 23.6 Å². The van der Waals surface area contributed by atoms with E-state index in [2.05, 4.69) is 5.32 Å². The molecule has 18 nitrogen and oxygen atoms in total. The number of hydrogen-bond acceptors (Lipinski definition) is 14. The fourth-order valence-corrected chi connectivity index (χ4v) is 10.9. The normalized spacial score (nSPS) is 33.1. The van der Waals surface area contributed by atoms with Crippen LogP contribution >= 0.6 is 23.4 Å². The van der Waals surface area contributed by atoms with Crippen molar-refractivity contribution in [3.63, 3.8) is 0 Å². The van der Waals surface area contributed by atoms with E-state index in [4.69, 9.17) is 35.3 Å². The summed E-state index contributed by atoms with van der Waals surface area (Å²) >= 11 is 8.00. The second kappa shape index (κ2) is 21.3. The van der Waals surface area contributed by atoms with Crippen LogP contribution in [0.5, 0.6) is 5.75 Å². The SMILES string of the molecule is COc1cc2cc(c1Cl)N(C)C(=O)C[C@H](OC(=O)[C@H](C)N(C)C(=O)CCSC1CC(=O)N(C[C@H]3CC[C@H](C(=O)O)CC3)C1=O)[C@]1(C)OC1[C@H](C)C1C[C@@](O)(NC(=O)O1)[C@H](OC)/C=C/C=C(\C)C2. The van der Waals surface area contributed by atoms with Crippen LogP contribution in [-0.2, 0) is 54.1 Å².